The van der Waals surface area contributed by atoms with E-state index in [1.54, 1.807) is 12.1 Å². The molecular formula is C13H11BrClNO3. The third kappa shape index (κ3) is 3.11. The maximum absolute atomic E-state index is 10.8. The predicted molar refractivity (Wildman–Crippen MR) is 76.9 cm³/mol. The van der Waals surface area contributed by atoms with E-state index in [1.807, 2.05) is 19.1 Å². The molecule has 1 aromatic carbocycles. The fourth-order valence-corrected chi connectivity index (χ4v) is 2.17. The molecule has 1 atom stereocenters. The van der Waals surface area contributed by atoms with Gasteiger partial charge < -0.3 is 14.8 Å². The molecule has 2 aromatic rings. The number of hydrogen-bond acceptors (Lipinski definition) is 3. The van der Waals surface area contributed by atoms with E-state index in [-0.39, 0.29) is 11.8 Å². The van der Waals surface area contributed by atoms with Crippen LogP contribution in [0.15, 0.2) is 39.2 Å². The molecule has 1 unspecified atom stereocenters. The van der Waals surface area contributed by atoms with Gasteiger partial charge >= 0.3 is 5.97 Å². The third-order valence-corrected chi connectivity index (χ3v) is 3.99. The summed E-state index contributed by atoms with van der Waals surface area (Å²) in [6, 6.07) is 8.36. The zero-order valence-electron chi connectivity index (χ0n) is 9.98. The molecule has 0 fully saturated rings. The van der Waals surface area contributed by atoms with Gasteiger partial charge in [-0.15, -0.1) is 0 Å². The Balaban J connectivity index is 2.18. The number of hydrogen-bond donors (Lipinski definition) is 2. The van der Waals surface area contributed by atoms with Crippen molar-refractivity contribution in [1.82, 2.24) is 0 Å². The topological polar surface area (TPSA) is 62.5 Å². The van der Waals surface area contributed by atoms with Crippen LogP contribution in [0.25, 0.3) is 0 Å². The Kier molecular flexibility index (Phi) is 4.17. The fourth-order valence-electron chi connectivity index (χ4n) is 1.62. The van der Waals surface area contributed by atoms with E-state index >= 15 is 0 Å². The van der Waals surface area contributed by atoms with Gasteiger partial charge in [0.05, 0.1) is 21.2 Å². The van der Waals surface area contributed by atoms with Crippen LogP contribution < -0.4 is 5.32 Å². The first-order valence-corrected chi connectivity index (χ1v) is 6.69. The van der Waals surface area contributed by atoms with Crippen LogP contribution in [0.5, 0.6) is 0 Å². The lowest BCUT2D eigenvalue weighted by atomic mass is 10.2. The second kappa shape index (κ2) is 5.67. The van der Waals surface area contributed by atoms with Crippen molar-refractivity contribution in [3.63, 3.8) is 0 Å². The molecule has 0 radical (unpaired) electrons. The Morgan fingerprint density at radius 3 is 2.79 bits per heavy atom. The molecular weight excluding hydrogens is 334 g/mol. The minimum absolute atomic E-state index is 0.0752. The minimum atomic E-state index is -1.08. The Bertz CT molecular complexity index is 612. The summed E-state index contributed by atoms with van der Waals surface area (Å²) in [7, 11) is 0. The second-order valence-electron chi connectivity index (χ2n) is 3.97. The SMILES string of the molecule is CC(Nc1cccc(Cl)c1Br)c1ccc(C(=O)O)o1. The van der Waals surface area contributed by atoms with Crippen molar-refractivity contribution >= 4 is 39.2 Å². The number of benzene rings is 1. The van der Waals surface area contributed by atoms with Gasteiger partial charge in [-0.25, -0.2) is 4.79 Å². The molecule has 0 saturated carbocycles. The van der Waals surface area contributed by atoms with Gasteiger partial charge in [0, 0.05) is 0 Å². The van der Waals surface area contributed by atoms with Gasteiger partial charge in [-0.3, -0.25) is 0 Å². The molecule has 6 heteroatoms. The smallest absolute Gasteiger partial charge is 0.371 e. The van der Waals surface area contributed by atoms with E-state index in [4.69, 9.17) is 21.1 Å². The van der Waals surface area contributed by atoms with Gasteiger partial charge in [-0.05, 0) is 47.1 Å². The van der Waals surface area contributed by atoms with Crippen LogP contribution in [0.1, 0.15) is 29.3 Å². The van der Waals surface area contributed by atoms with Crippen molar-refractivity contribution in [3.8, 4) is 0 Å². The van der Waals surface area contributed by atoms with Crippen LogP contribution in [0.2, 0.25) is 5.02 Å². The maximum Gasteiger partial charge on any atom is 0.371 e. The fraction of sp³-hybridized carbons (Fsp3) is 0.154. The summed E-state index contributed by atoms with van der Waals surface area (Å²) in [6.07, 6.45) is 0. The number of rotatable bonds is 4. The van der Waals surface area contributed by atoms with Crippen molar-refractivity contribution in [2.45, 2.75) is 13.0 Å². The third-order valence-electron chi connectivity index (χ3n) is 2.59. The maximum atomic E-state index is 10.8. The van der Waals surface area contributed by atoms with Gasteiger partial charge in [0.1, 0.15) is 5.76 Å². The van der Waals surface area contributed by atoms with Gasteiger partial charge in [0.15, 0.2) is 0 Å². The number of nitrogens with one attached hydrogen (secondary N) is 1. The van der Waals surface area contributed by atoms with Crippen molar-refractivity contribution in [1.29, 1.82) is 0 Å². The van der Waals surface area contributed by atoms with Gasteiger partial charge in [-0.2, -0.15) is 0 Å². The normalized spacial score (nSPS) is 12.2. The van der Waals surface area contributed by atoms with E-state index < -0.39 is 5.97 Å². The summed E-state index contributed by atoms with van der Waals surface area (Å²) in [5.41, 5.74) is 0.813. The highest BCUT2D eigenvalue weighted by atomic mass is 79.9. The summed E-state index contributed by atoms with van der Waals surface area (Å²) >= 11 is 9.39. The van der Waals surface area contributed by atoms with Crippen LogP contribution in [0.3, 0.4) is 0 Å². The average Bonchev–Trinajstić information content (AvgIpc) is 2.84. The molecule has 1 aromatic heterocycles. The van der Waals surface area contributed by atoms with Crippen molar-refractivity contribution < 1.29 is 14.3 Å². The van der Waals surface area contributed by atoms with E-state index in [0.717, 1.165) is 10.2 Å². The molecule has 4 nitrogen and oxygen atoms in total. The molecule has 0 bridgehead atoms. The van der Waals surface area contributed by atoms with Gasteiger partial charge in [0.25, 0.3) is 0 Å². The lowest BCUT2D eigenvalue weighted by Crippen LogP contribution is -2.06. The monoisotopic (exact) mass is 343 g/mol. The van der Waals surface area contributed by atoms with Gasteiger partial charge in [-0.1, -0.05) is 17.7 Å². The summed E-state index contributed by atoms with van der Waals surface area (Å²) in [5, 5.41) is 12.6. The van der Waals surface area contributed by atoms with Crippen LogP contribution in [-0.2, 0) is 0 Å². The highest BCUT2D eigenvalue weighted by molar-refractivity contribution is 9.10. The van der Waals surface area contributed by atoms with Crippen LogP contribution in [0, 0.1) is 0 Å². The molecule has 0 amide bonds. The first-order valence-electron chi connectivity index (χ1n) is 5.52. The summed E-state index contributed by atoms with van der Waals surface area (Å²) in [4.78, 5) is 10.8. The molecule has 2 N–H and O–H groups in total. The summed E-state index contributed by atoms with van der Waals surface area (Å²) in [5.74, 6) is -0.611. The number of anilines is 1. The molecule has 2 rings (SSSR count). The molecule has 0 spiro atoms. The molecule has 0 saturated heterocycles. The van der Waals surface area contributed by atoms with Gasteiger partial charge in [0.2, 0.25) is 5.76 Å². The number of furan rings is 1. The zero-order valence-corrected chi connectivity index (χ0v) is 12.3. The summed E-state index contributed by atoms with van der Waals surface area (Å²) < 4.78 is 6.00. The number of carbonyl (C=O) groups is 1. The Morgan fingerprint density at radius 2 is 2.16 bits per heavy atom. The minimum Gasteiger partial charge on any atom is -0.475 e. The first-order chi connectivity index (χ1) is 8.99. The second-order valence-corrected chi connectivity index (χ2v) is 5.17. The molecule has 0 aliphatic heterocycles. The number of halogens is 2. The van der Waals surface area contributed by atoms with Crippen LogP contribution in [0.4, 0.5) is 5.69 Å². The quantitative estimate of drug-likeness (QED) is 0.853. The Hall–Kier alpha value is -1.46. The van der Waals surface area contributed by atoms with E-state index in [2.05, 4.69) is 21.2 Å². The Morgan fingerprint density at radius 1 is 1.42 bits per heavy atom. The lowest BCUT2D eigenvalue weighted by molar-refractivity contribution is 0.0660. The number of carboxylic acid groups (broad SMARTS) is 1. The van der Waals surface area contributed by atoms with E-state index in [1.165, 1.54) is 6.07 Å². The summed E-state index contributed by atoms with van der Waals surface area (Å²) in [6.45, 7) is 1.87. The molecule has 100 valence electrons. The molecule has 0 aliphatic rings. The van der Waals surface area contributed by atoms with Crippen LogP contribution in [-0.4, -0.2) is 11.1 Å². The van der Waals surface area contributed by atoms with E-state index in [9.17, 15) is 4.79 Å². The number of carboxylic acids is 1. The standard InChI is InChI=1S/C13H11BrClNO3/c1-7(10-5-6-11(19-10)13(17)18)16-9-4-2-3-8(15)12(9)14/h2-7,16H,1H3,(H,17,18). The molecule has 1 heterocycles. The molecule has 0 aliphatic carbocycles. The number of aromatic carboxylic acids is 1. The molecule has 19 heavy (non-hydrogen) atoms. The predicted octanol–water partition coefficient (Wildman–Crippen LogP) is 4.57. The van der Waals surface area contributed by atoms with Crippen molar-refractivity contribution in [3.05, 3.63) is 51.3 Å². The van der Waals surface area contributed by atoms with Crippen LogP contribution >= 0.6 is 27.5 Å². The Labute approximate surface area is 123 Å². The lowest BCUT2D eigenvalue weighted by Gasteiger charge is -2.14. The van der Waals surface area contributed by atoms with Crippen molar-refractivity contribution in [2.24, 2.45) is 0 Å². The van der Waals surface area contributed by atoms with E-state index in [0.29, 0.717) is 10.8 Å². The highest BCUT2D eigenvalue weighted by Gasteiger charge is 2.15. The zero-order chi connectivity index (χ0) is 14.0. The first kappa shape index (κ1) is 14.0. The highest BCUT2D eigenvalue weighted by Crippen LogP contribution is 2.32. The van der Waals surface area contributed by atoms with Crippen molar-refractivity contribution in [2.75, 3.05) is 5.32 Å². The average molecular weight is 345 g/mol. The largest absolute Gasteiger partial charge is 0.475 e.